The van der Waals surface area contributed by atoms with Gasteiger partial charge in [-0.2, -0.15) is 4.31 Å². The maximum Gasteiger partial charge on any atom is 0.243 e. The van der Waals surface area contributed by atoms with E-state index in [1.54, 1.807) is 24.3 Å². The Morgan fingerprint density at radius 3 is 2.28 bits per heavy atom. The third kappa shape index (κ3) is 3.98. The molecule has 1 aliphatic heterocycles. The first-order valence-corrected chi connectivity index (χ1v) is 10.5. The first kappa shape index (κ1) is 18.2. The second-order valence-electron chi connectivity index (χ2n) is 6.68. The Morgan fingerprint density at radius 2 is 1.76 bits per heavy atom. The van der Waals surface area contributed by atoms with Crippen LogP contribution >= 0.6 is 0 Å². The van der Waals surface area contributed by atoms with Gasteiger partial charge in [0, 0.05) is 32.1 Å². The van der Waals surface area contributed by atoms with Crippen LogP contribution in [0.3, 0.4) is 0 Å². The third-order valence-corrected chi connectivity index (χ3v) is 6.85. The lowest BCUT2D eigenvalue weighted by atomic mass is 9.84. The molecule has 1 aromatic carbocycles. The van der Waals surface area contributed by atoms with E-state index in [1.165, 1.54) is 4.31 Å². The number of nitrogens with zero attached hydrogens (tertiary/aromatic N) is 2. The Bertz CT molecular complexity index is 690. The zero-order valence-electron chi connectivity index (χ0n) is 14.7. The van der Waals surface area contributed by atoms with E-state index in [9.17, 15) is 13.2 Å². The van der Waals surface area contributed by atoms with Crippen LogP contribution in [0.1, 0.15) is 32.6 Å². The Morgan fingerprint density at radius 1 is 1.12 bits per heavy atom. The molecule has 2 aliphatic rings. The summed E-state index contributed by atoms with van der Waals surface area (Å²) in [4.78, 5) is 14.4. The van der Waals surface area contributed by atoms with Crippen molar-refractivity contribution in [3.8, 4) is 5.75 Å². The van der Waals surface area contributed by atoms with E-state index in [1.807, 2.05) is 11.8 Å². The minimum atomic E-state index is -3.52. The molecule has 0 atom stereocenters. The molecular weight excluding hydrogens is 340 g/mol. The lowest BCUT2D eigenvalue weighted by Gasteiger charge is -2.37. The van der Waals surface area contributed by atoms with Crippen molar-refractivity contribution in [2.75, 3.05) is 32.8 Å². The molecule has 3 rings (SSSR count). The van der Waals surface area contributed by atoms with Gasteiger partial charge in [-0.25, -0.2) is 8.42 Å². The van der Waals surface area contributed by atoms with Gasteiger partial charge in [0.05, 0.1) is 11.5 Å². The molecule has 25 heavy (non-hydrogen) atoms. The number of amides is 1. The van der Waals surface area contributed by atoms with Crippen LogP contribution in [0.25, 0.3) is 0 Å². The van der Waals surface area contributed by atoms with Gasteiger partial charge in [-0.05, 0) is 43.5 Å². The first-order chi connectivity index (χ1) is 12.0. The normalized spacial score (nSPS) is 19.5. The molecule has 0 N–H and O–H groups in total. The number of sulfonamides is 1. The highest BCUT2D eigenvalue weighted by Crippen LogP contribution is 2.29. The molecule has 1 heterocycles. The molecule has 6 nitrogen and oxygen atoms in total. The zero-order chi connectivity index (χ0) is 17.9. The van der Waals surface area contributed by atoms with E-state index in [2.05, 4.69) is 0 Å². The van der Waals surface area contributed by atoms with E-state index >= 15 is 0 Å². The van der Waals surface area contributed by atoms with E-state index in [0.717, 1.165) is 25.7 Å². The maximum atomic E-state index is 12.8. The minimum absolute atomic E-state index is 0.166. The number of piperazine rings is 1. The van der Waals surface area contributed by atoms with Crippen LogP contribution < -0.4 is 4.74 Å². The summed E-state index contributed by atoms with van der Waals surface area (Å²) in [5.41, 5.74) is 0. The molecule has 1 aromatic rings. The van der Waals surface area contributed by atoms with Gasteiger partial charge < -0.3 is 9.64 Å². The molecule has 138 valence electrons. The smallest absolute Gasteiger partial charge is 0.243 e. The summed E-state index contributed by atoms with van der Waals surface area (Å²) in [5, 5.41) is 0. The second kappa shape index (κ2) is 7.74. The zero-order valence-corrected chi connectivity index (χ0v) is 15.5. The second-order valence-corrected chi connectivity index (χ2v) is 8.61. The van der Waals surface area contributed by atoms with Gasteiger partial charge in [0.25, 0.3) is 0 Å². The van der Waals surface area contributed by atoms with Crippen molar-refractivity contribution >= 4 is 15.9 Å². The molecule has 0 spiro atoms. The summed E-state index contributed by atoms with van der Waals surface area (Å²) in [6.07, 6.45) is 3.99. The quantitative estimate of drug-likeness (QED) is 0.773. The Balaban J connectivity index is 1.60. The van der Waals surface area contributed by atoms with E-state index in [4.69, 9.17) is 4.74 Å². The summed E-state index contributed by atoms with van der Waals surface area (Å²) in [5.74, 6) is 1.04. The van der Waals surface area contributed by atoms with Crippen LogP contribution in [0.4, 0.5) is 0 Å². The number of rotatable bonds is 6. The summed E-state index contributed by atoms with van der Waals surface area (Å²) in [7, 11) is -3.52. The number of hydrogen-bond donors (Lipinski definition) is 0. The Hall–Kier alpha value is -1.60. The van der Waals surface area contributed by atoms with Crippen LogP contribution in [-0.4, -0.2) is 56.3 Å². The topological polar surface area (TPSA) is 66.9 Å². The predicted octanol–water partition coefficient (Wildman–Crippen LogP) is 2.11. The number of ether oxygens (including phenoxy) is 1. The highest BCUT2D eigenvalue weighted by Gasteiger charge is 2.34. The molecule has 0 unspecified atom stereocenters. The van der Waals surface area contributed by atoms with Crippen LogP contribution in [0.15, 0.2) is 29.2 Å². The van der Waals surface area contributed by atoms with Gasteiger partial charge in [-0.3, -0.25) is 4.79 Å². The molecule has 1 saturated heterocycles. The SMILES string of the molecule is CCCOc1ccc(S(=O)(=O)N2CCN(C(=O)C3CCC3)CC2)cc1. The van der Waals surface area contributed by atoms with Crippen molar-refractivity contribution in [1.29, 1.82) is 0 Å². The van der Waals surface area contributed by atoms with Crippen molar-refractivity contribution < 1.29 is 17.9 Å². The lowest BCUT2D eigenvalue weighted by Crippen LogP contribution is -2.52. The minimum Gasteiger partial charge on any atom is -0.494 e. The number of carbonyl (C=O) groups is 1. The third-order valence-electron chi connectivity index (χ3n) is 4.94. The molecule has 2 fully saturated rings. The fraction of sp³-hybridized carbons (Fsp3) is 0.611. The van der Waals surface area contributed by atoms with Crippen molar-refractivity contribution in [1.82, 2.24) is 9.21 Å². The standard InChI is InChI=1S/C18H26N2O4S/c1-2-14-24-16-6-8-17(9-7-16)25(22,23)20-12-10-19(11-13-20)18(21)15-4-3-5-15/h6-9,15H,2-5,10-14H2,1H3. The summed E-state index contributed by atoms with van der Waals surface area (Å²) >= 11 is 0. The number of carbonyl (C=O) groups excluding carboxylic acids is 1. The highest BCUT2D eigenvalue weighted by molar-refractivity contribution is 7.89. The average Bonchev–Trinajstić information content (AvgIpc) is 2.59. The van der Waals surface area contributed by atoms with Gasteiger partial charge in [-0.15, -0.1) is 0 Å². The van der Waals surface area contributed by atoms with Crippen LogP contribution in [-0.2, 0) is 14.8 Å². The molecule has 0 radical (unpaired) electrons. The van der Waals surface area contributed by atoms with E-state index in [0.29, 0.717) is 38.5 Å². The fourth-order valence-corrected chi connectivity index (χ4v) is 4.56. The molecule has 0 bridgehead atoms. The molecule has 1 aliphatic carbocycles. The predicted molar refractivity (Wildman–Crippen MR) is 94.9 cm³/mol. The van der Waals surface area contributed by atoms with Gasteiger partial charge >= 0.3 is 0 Å². The van der Waals surface area contributed by atoms with Crippen LogP contribution in [0.2, 0.25) is 0 Å². The van der Waals surface area contributed by atoms with Gasteiger partial charge in [0.2, 0.25) is 15.9 Å². The molecule has 1 amide bonds. The number of benzene rings is 1. The van der Waals surface area contributed by atoms with Gasteiger partial charge in [-0.1, -0.05) is 13.3 Å². The molecule has 1 saturated carbocycles. The largest absolute Gasteiger partial charge is 0.494 e. The van der Waals surface area contributed by atoms with Crippen molar-refractivity contribution in [3.63, 3.8) is 0 Å². The highest BCUT2D eigenvalue weighted by atomic mass is 32.2. The Labute approximate surface area is 149 Å². The first-order valence-electron chi connectivity index (χ1n) is 9.04. The fourth-order valence-electron chi connectivity index (χ4n) is 3.14. The summed E-state index contributed by atoms with van der Waals surface area (Å²) in [6, 6.07) is 6.57. The molecule has 7 heteroatoms. The summed E-state index contributed by atoms with van der Waals surface area (Å²) < 4.78 is 32.5. The van der Waals surface area contributed by atoms with Crippen LogP contribution in [0.5, 0.6) is 5.75 Å². The summed E-state index contributed by atoms with van der Waals surface area (Å²) in [6.45, 7) is 4.31. The van der Waals surface area contributed by atoms with E-state index < -0.39 is 10.0 Å². The van der Waals surface area contributed by atoms with Crippen molar-refractivity contribution in [2.24, 2.45) is 5.92 Å². The monoisotopic (exact) mass is 366 g/mol. The lowest BCUT2D eigenvalue weighted by molar-refractivity contribution is -0.139. The van der Waals surface area contributed by atoms with Crippen LogP contribution in [0, 0.1) is 5.92 Å². The number of hydrogen-bond acceptors (Lipinski definition) is 4. The Kier molecular flexibility index (Phi) is 5.64. The van der Waals surface area contributed by atoms with Crippen molar-refractivity contribution in [2.45, 2.75) is 37.5 Å². The van der Waals surface area contributed by atoms with Crippen molar-refractivity contribution in [3.05, 3.63) is 24.3 Å². The average molecular weight is 366 g/mol. The molecular formula is C18H26N2O4S. The maximum absolute atomic E-state index is 12.8. The van der Waals surface area contributed by atoms with E-state index in [-0.39, 0.29) is 16.7 Å². The van der Waals surface area contributed by atoms with Gasteiger partial charge in [0.1, 0.15) is 5.75 Å². The molecule has 0 aromatic heterocycles. The van der Waals surface area contributed by atoms with Gasteiger partial charge in [0.15, 0.2) is 0 Å².